The van der Waals surface area contributed by atoms with Crippen LogP contribution < -0.4 is 16.4 Å². The van der Waals surface area contributed by atoms with E-state index < -0.39 is 6.04 Å². The predicted octanol–water partition coefficient (Wildman–Crippen LogP) is 1.45. The third kappa shape index (κ3) is 2.76. The fourth-order valence-corrected chi connectivity index (χ4v) is 3.18. The molecule has 6 heteroatoms. The molecule has 0 aromatic heterocycles. The summed E-state index contributed by atoms with van der Waals surface area (Å²) in [6.07, 6.45) is 3.12. The van der Waals surface area contributed by atoms with Crippen molar-refractivity contribution in [2.75, 3.05) is 5.32 Å². The zero-order chi connectivity index (χ0) is 15.0. The molecule has 0 spiro atoms. The number of nitrogens with one attached hydrogen (secondary N) is 2. The molecule has 5 nitrogen and oxygen atoms in total. The van der Waals surface area contributed by atoms with E-state index >= 15 is 0 Å². The number of carbonyl (C=O) groups is 2. The maximum Gasteiger partial charge on any atom is 0.246 e. The van der Waals surface area contributed by atoms with Crippen molar-refractivity contribution in [1.82, 2.24) is 5.32 Å². The van der Waals surface area contributed by atoms with E-state index in [1.165, 1.54) is 12.1 Å². The van der Waals surface area contributed by atoms with Gasteiger partial charge in [-0.25, -0.2) is 4.39 Å². The smallest absolute Gasteiger partial charge is 0.246 e. The minimum absolute atomic E-state index is 0.0539. The van der Waals surface area contributed by atoms with Crippen molar-refractivity contribution in [1.29, 1.82) is 0 Å². The fourth-order valence-electron chi connectivity index (χ4n) is 3.18. The van der Waals surface area contributed by atoms with Gasteiger partial charge in [-0.15, -0.1) is 0 Å². The minimum atomic E-state index is -0.448. The highest BCUT2D eigenvalue weighted by Crippen LogP contribution is 2.33. The lowest BCUT2D eigenvalue weighted by atomic mass is 9.85. The zero-order valence-electron chi connectivity index (χ0n) is 11.6. The highest BCUT2D eigenvalue weighted by Gasteiger charge is 2.34. The Kier molecular flexibility index (Phi) is 3.63. The van der Waals surface area contributed by atoms with Crippen molar-refractivity contribution >= 4 is 17.5 Å². The van der Waals surface area contributed by atoms with Crippen LogP contribution in [0.5, 0.6) is 0 Å². The van der Waals surface area contributed by atoms with E-state index in [0.717, 1.165) is 31.2 Å². The molecule has 2 amide bonds. The molecule has 0 bridgehead atoms. The average Bonchev–Trinajstić information content (AvgIpc) is 2.75. The summed E-state index contributed by atoms with van der Waals surface area (Å²) in [7, 11) is 0. The zero-order valence-corrected chi connectivity index (χ0v) is 11.6. The number of hydrogen-bond donors (Lipinski definition) is 3. The van der Waals surface area contributed by atoms with Crippen LogP contribution in [0, 0.1) is 11.7 Å². The van der Waals surface area contributed by atoms with Crippen LogP contribution in [-0.2, 0) is 9.59 Å². The Bertz CT molecular complexity index is 582. The lowest BCUT2D eigenvalue weighted by Gasteiger charge is -2.29. The van der Waals surface area contributed by atoms with Crippen molar-refractivity contribution in [2.45, 2.75) is 37.8 Å². The summed E-state index contributed by atoms with van der Waals surface area (Å²) in [6.45, 7) is 0. The monoisotopic (exact) mass is 291 g/mol. The van der Waals surface area contributed by atoms with Gasteiger partial charge in [0, 0.05) is 23.2 Å². The van der Waals surface area contributed by atoms with Gasteiger partial charge in [-0.05, 0) is 37.8 Å². The van der Waals surface area contributed by atoms with Crippen molar-refractivity contribution in [2.24, 2.45) is 11.7 Å². The van der Waals surface area contributed by atoms with Crippen LogP contribution in [0.15, 0.2) is 18.2 Å². The predicted molar refractivity (Wildman–Crippen MR) is 75.8 cm³/mol. The van der Waals surface area contributed by atoms with E-state index in [9.17, 15) is 14.0 Å². The first kappa shape index (κ1) is 14.0. The number of benzene rings is 1. The number of amides is 2. The second-order valence-corrected chi connectivity index (χ2v) is 5.77. The summed E-state index contributed by atoms with van der Waals surface area (Å²) < 4.78 is 13.2. The number of primary amides is 1. The van der Waals surface area contributed by atoms with Crippen LogP contribution in [0.25, 0.3) is 0 Å². The summed E-state index contributed by atoms with van der Waals surface area (Å²) in [6, 6.07) is 4.05. The van der Waals surface area contributed by atoms with Crippen LogP contribution >= 0.6 is 0 Å². The van der Waals surface area contributed by atoms with E-state index in [2.05, 4.69) is 10.6 Å². The van der Waals surface area contributed by atoms with Gasteiger partial charge in [0.1, 0.15) is 11.9 Å². The first-order valence-corrected chi connectivity index (χ1v) is 7.20. The Morgan fingerprint density at radius 2 is 2.00 bits per heavy atom. The Morgan fingerprint density at radius 3 is 2.67 bits per heavy atom. The summed E-state index contributed by atoms with van der Waals surface area (Å²) >= 11 is 0. The molecule has 21 heavy (non-hydrogen) atoms. The molecule has 1 atom stereocenters. The highest BCUT2D eigenvalue weighted by molar-refractivity contribution is 6.02. The molecule has 1 unspecified atom stereocenters. The number of rotatable bonds is 3. The van der Waals surface area contributed by atoms with E-state index in [1.807, 2.05) is 0 Å². The van der Waals surface area contributed by atoms with Gasteiger partial charge < -0.3 is 11.1 Å². The van der Waals surface area contributed by atoms with Gasteiger partial charge in [0.25, 0.3) is 0 Å². The van der Waals surface area contributed by atoms with E-state index in [0.29, 0.717) is 5.69 Å². The van der Waals surface area contributed by atoms with Crippen LogP contribution in [0.3, 0.4) is 0 Å². The second kappa shape index (κ2) is 5.44. The fraction of sp³-hybridized carbons (Fsp3) is 0.467. The number of hydrogen-bond acceptors (Lipinski definition) is 3. The van der Waals surface area contributed by atoms with Gasteiger partial charge in [-0.3, -0.25) is 14.9 Å². The molecule has 0 radical (unpaired) electrons. The van der Waals surface area contributed by atoms with Gasteiger partial charge in [0.2, 0.25) is 11.8 Å². The normalized spacial score (nSPS) is 28.0. The molecular weight excluding hydrogens is 273 g/mol. The maximum atomic E-state index is 13.2. The minimum Gasteiger partial charge on any atom is -0.369 e. The number of fused-ring (bicyclic) bond motifs is 1. The SMILES string of the molecule is NC(=O)C1CCC(NC2C(=O)Nc3cc(F)ccc32)CC1. The van der Waals surface area contributed by atoms with Crippen molar-refractivity contribution in [3.8, 4) is 0 Å². The molecule has 4 N–H and O–H groups in total. The van der Waals surface area contributed by atoms with Crippen molar-refractivity contribution < 1.29 is 14.0 Å². The van der Waals surface area contributed by atoms with Gasteiger partial charge in [-0.1, -0.05) is 6.07 Å². The largest absolute Gasteiger partial charge is 0.369 e. The average molecular weight is 291 g/mol. The molecule has 1 aromatic rings. The number of anilines is 1. The lowest BCUT2D eigenvalue weighted by molar-refractivity contribution is -0.123. The van der Waals surface area contributed by atoms with E-state index in [-0.39, 0.29) is 29.6 Å². The first-order chi connectivity index (χ1) is 10.0. The molecule has 1 aliphatic carbocycles. The van der Waals surface area contributed by atoms with Gasteiger partial charge >= 0.3 is 0 Å². The molecule has 3 rings (SSSR count). The van der Waals surface area contributed by atoms with E-state index in [1.54, 1.807) is 6.07 Å². The molecule has 1 aliphatic heterocycles. The quantitative estimate of drug-likeness (QED) is 0.788. The molecular formula is C15H18FN3O2. The summed E-state index contributed by atoms with van der Waals surface area (Å²) in [5.41, 5.74) is 6.62. The number of carbonyl (C=O) groups excluding carboxylic acids is 2. The molecule has 1 heterocycles. The van der Waals surface area contributed by atoms with Crippen LogP contribution in [0.1, 0.15) is 37.3 Å². The molecule has 112 valence electrons. The summed E-state index contributed by atoms with van der Waals surface area (Å²) in [5, 5.41) is 6.01. The second-order valence-electron chi connectivity index (χ2n) is 5.77. The molecule has 1 fully saturated rings. The van der Waals surface area contributed by atoms with Gasteiger partial charge in [0.15, 0.2) is 0 Å². The number of nitrogens with two attached hydrogens (primary N) is 1. The summed E-state index contributed by atoms with van der Waals surface area (Å²) in [5.74, 6) is -0.820. The third-order valence-electron chi connectivity index (χ3n) is 4.38. The Labute approximate surface area is 122 Å². The molecule has 1 saturated carbocycles. The van der Waals surface area contributed by atoms with Crippen LogP contribution in [0.4, 0.5) is 10.1 Å². The Balaban J connectivity index is 1.67. The third-order valence-corrected chi connectivity index (χ3v) is 4.38. The maximum absolute atomic E-state index is 13.2. The first-order valence-electron chi connectivity index (χ1n) is 7.20. The van der Waals surface area contributed by atoms with Gasteiger partial charge in [-0.2, -0.15) is 0 Å². The van der Waals surface area contributed by atoms with Gasteiger partial charge in [0.05, 0.1) is 0 Å². The Hall–Kier alpha value is -1.95. The number of halogens is 1. The molecule has 1 aromatic carbocycles. The Morgan fingerprint density at radius 1 is 1.29 bits per heavy atom. The lowest BCUT2D eigenvalue weighted by Crippen LogP contribution is -2.40. The van der Waals surface area contributed by atoms with Crippen LogP contribution in [0.2, 0.25) is 0 Å². The highest BCUT2D eigenvalue weighted by atomic mass is 19.1. The van der Waals surface area contributed by atoms with Crippen LogP contribution in [-0.4, -0.2) is 17.9 Å². The summed E-state index contributed by atoms with van der Waals surface area (Å²) in [4.78, 5) is 23.2. The van der Waals surface area contributed by atoms with Crippen molar-refractivity contribution in [3.63, 3.8) is 0 Å². The van der Waals surface area contributed by atoms with E-state index in [4.69, 9.17) is 5.73 Å². The van der Waals surface area contributed by atoms with Crippen molar-refractivity contribution in [3.05, 3.63) is 29.6 Å². The molecule has 0 saturated heterocycles. The standard InChI is InChI=1S/C15H18FN3O2/c16-9-3-6-11-12(7-9)19-15(21)13(11)18-10-4-1-8(2-5-10)14(17)20/h3,6-8,10,13,18H,1-2,4-5H2,(H2,17,20)(H,19,21). The topological polar surface area (TPSA) is 84.2 Å². The molecule has 2 aliphatic rings.